The van der Waals surface area contributed by atoms with Gasteiger partial charge in [-0.2, -0.15) is 0 Å². The summed E-state index contributed by atoms with van der Waals surface area (Å²) in [5, 5.41) is 33.5. The van der Waals surface area contributed by atoms with E-state index in [1.165, 1.54) is 24.3 Å². The molecular weight excluding hydrogens is 400 g/mol. The number of aromatic carboxylic acids is 2. The van der Waals surface area contributed by atoms with Gasteiger partial charge in [-0.05, 0) is 26.0 Å². The molecule has 0 unspecified atom stereocenters. The van der Waals surface area contributed by atoms with Crippen molar-refractivity contribution in [2.75, 3.05) is 26.4 Å². The monoisotopic (exact) mass is 426 g/mol. The summed E-state index contributed by atoms with van der Waals surface area (Å²) < 4.78 is 8.93. The molecule has 10 heteroatoms. The Morgan fingerprint density at radius 2 is 1.07 bits per heavy atom. The molecule has 4 N–H and O–H groups in total. The van der Waals surface area contributed by atoms with Gasteiger partial charge in [0.2, 0.25) is 0 Å². The van der Waals surface area contributed by atoms with Crippen molar-refractivity contribution in [3.63, 3.8) is 0 Å². The molecule has 1 aromatic carbocycles. The lowest BCUT2D eigenvalue weighted by Crippen LogP contribution is -2.08. The minimum Gasteiger partial charge on any atom is -0.478 e. The third-order valence-electron chi connectivity index (χ3n) is 2.73. The van der Waals surface area contributed by atoms with Crippen LogP contribution in [0.15, 0.2) is 48.6 Å². The highest BCUT2D eigenvalue weighted by atomic mass is 16.5. The molecule has 0 aromatic heterocycles. The van der Waals surface area contributed by atoms with Gasteiger partial charge in [0, 0.05) is 11.1 Å². The molecule has 0 heterocycles. The first-order valence-electron chi connectivity index (χ1n) is 8.42. The van der Waals surface area contributed by atoms with E-state index in [0.717, 1.165) is 0 Å². The number of aliphatic hydroxyl groups is 2. The Labute approximate surface area is 173 Å². The van der Waals surface area contributed by atoms with Crippen LogP contribution in [-0.4, -0.2) is 70.7 Å². The largest absolute Gasteiger partial charge is 0.478 e. The maximum Gasteiger partial charge on any atom is 0.336 e. The molecule has 0 atom stereocenters. The van der Waals surface area contributed by atoms with Crippen molar-refractivity contribution < 1.29 is 49.1 Å². The van der Waals surface area contributed by atoms with Gasteiger partial charge in [-0.25, -0.2) is 19.2 Å². The van der Waals surface area contributed by atoms with E-state index >= 15 is 0 Å². The number of esters is 2. The van der Waals surface area contributed by atoms with Gasteiger partial charge in [0.1, 0.15) is 13.2 Å². The highest BCUT2D eigenvalue weighted by Gasteiger charge is 2.13. The molecule has 0 saturated carbocycles. The lowest BCUT2D eigenvalue weighted by Gasteiger charge is -1.99. The molecular formula is C20H26O10. The van der Waals surface area contributed by atoms with Gasteiger partial charge >= 0.3 is 23.9 Å². The molecule has 0 bridgehead atoms. The van der Waals surface area contributed by atoms with Crippen molar-refractivity contribution in [2.24, 2.45) is 0 Å². The number of carbonyl (C=O) groups excluding carboxylic acids is 2. The average Bonchev–Trinajstić information content (AvgIpc) is 2.70. The molecule has 30 heavy (non-hydrogen) atoms. The van der Waals surface area contributed by atoms with Gasteiger partial charge in [-0.3, -0.25) is 0 Å². The highest BCUT2D eigenvalue weighted by molar-refractivity contribution is 6.01. The number of rotatable bonds is 8. The van der Waals surface area contributed by atoms with Gasteiger partial charge in [-0.15, -0.1) is 0 Å². The van der Waals surface area contributed by atoms with Crippen LogP contribution in [0.3, 0.4) is 0 Å². The van der Waals surface area contributed by atoms with Crippen LogP contribution in [0.2, 0.25) is 0 Å². The Hall–Kier alpha value is -3.50. The average molecular weight is 426 g/mol. The van der Waals surface area contributed by atoms with Gasteiger partial charge in [0.15, 0.2) is 0 Å². The summed E-state index contributed by atoms with van der Waals surface area (Å²) in [6.07, 6.45) is 0. The van der Waals surface area contributed by atoms with Crippen molar-refractivity contribution in [3.05, 3.63) is 59.7 Å². The highest BCUT2D eigenvalue weighted by Crippen LogP contribution is 2.07. The van der Waals surface area contributed by atoms with Crippen molar-refractivity contribution >= 4 is 23.9 Å². The van der Waals surface area contributed by atoms with Gasteiger partial charge in [-0.1, -0.05) is 25.3 Å². The molecule has 1 aromatic rings. The van der Waals surface area contributed by atoms with E-state index in [-0.39, 0.29) is 37.6 Å². The van der Waals surface area contributed by atoms with E-state index in [0.29, 0.717) is 11.1 Å². The summed E-state index contributed by atoms with van der Waals surface area (Å²) in [5.74, 6) is -3.37. The molecule has 0 saturated heterocycles. The van der Waals surface area contributed by atoms with Gasteiger partial charge < -0.3 is 29.9 Å². The predicted molar refractivity (Wildman–Crippen MR) is 106 cm³/mol. The number of benzene rings is 1. The van der Waals surface area contributed by atoms with E-state index in [1.54, 1.807) is 13.8 Å². The fraction of sp³-hybridized carbons (Fsp3) is 0.300. The van der Waals surface area contributed by atoms with Gasteiger partial charge in [0.05, 0.1) is 24.3 Å². The SMILES string of the molecule is C=C(C)C(=O)OCCO.C=C(C)C(=O)OCCO.O=C(O)c1ccccc1C(=O)O. The minimum atomic E-state index is -1.23. The standard InChI is InChI=1S/C8H6O4.2C6H10O3/c9-7(10)5-3-1-2-4-6(5)8(11)12;2*1-5(2)6(8)9-4-3-7/h1-4H,(H,9,10)(H,11,12);2*7H,1,3-4H2,2H3. The van der Waals surface area contributed by atoms with E-state index in [9.17, 15) is 19.2 Å². The molecule has 0 aliphatic rings. The molecule has 0 amide bonds. The number of aliphatic hydroxyl groups excluding tert-OH is 2. The quantitative estimate of drug-likeness (QED) is 0.351. The van der Waals surface area contributed by atoms with Gasteiger partial charge in [0.25, 0.3) is 0 Å². The van der Waals surface area contributed by atoms with Crippen LogP contribution in [0.5, 0.6) is 0 Å². The van der Waals surface area contributed by atoms with Crippen molar-refractivity contribution in [3.8, 4) is 0 Å². The Bertz CT molecular complexity index is 689. The molecule has 10 nitrogen and oxygen atoms in total. The van der Waals surface area contributed by atoms with Crippen LogP contribution in [0.4, 0.5) is 0 Å². The van der Waals surface area contributed by atoms with Crippen molar-refractivity contribution in [1.29, 1.82) is 0 Å². The van der Waals surface area contributed by atoms with Crippen LogP contribution < -0.4 is 0 Å². The van der Waals surface area contributed by atoms with Crippen LogP contribution in [0.25, 0.3) is 0 Å². The molecule has 0 radical (unpaired) electrons. The van der Waals surface area contributed by atoms with E-state index < -0.39 is 23.9 Å². The summed E-state index contributed by atoms with van der Waals surface area (Å²) in [6.45, 7) is 9.63. The second kappa shape index (κ2) is 16.5. The van der Waals surface area contributed by atoms with Crippen molar-refractivity contribution in [1.82, 2.24) is 0 Å². The molecule has 0 fully saturated rings. The molecule has 0 spiro atoms. The number of hydrogen-bond acceptors (Lipinski definition) is 8. The van der Waals surface area contributed by atoms with Crippen molar-refractivity contribution in [2.45, 2.75) is 13.8 Å². The smallest absolute Gasteiger partial charge is 0.336 e. The van der Waals surface area contributed by atoms with E-state index in [4.69, 9.17) is 20.4 Å². The summed E-state index contributed by atoms with van der Waals surface area (Å²) in [6, 6.07) is 5.48. The Morgan fingerprint density at radius 3 is 1.27 bits per heavy atom. The third-order valence-corrected chi connectivity index (χ3v) is 2.73. The topological polar surface area (TPSA) is 168 Å². The van der Waals surface area contributed by atoms with E-state index in [1.807, 2.05) is 0 Å². The Morgan fingerprint density at radius 1 is 0.767 bits per heavy atom. The maximum atomic E-state index is 10.5. The zero-order chi connectivity index (χ0) is 23.7. The van der Waals surface area contributed by atoms with Crippen LogP contribution in [0.1, 0.15) is 34.6 Å². The Kier molecular flexibility index (Phi) is 15.7. The molecule has 0 aliphatic carbocycles. The lowest BCUT2D eigenvalue weighted by molar-refractivity contribution is -0.140. The number of ether oxygens (including phenoxy) is 2. The maximum absolute atomic E-state index is 10.5. The first-order valence-corrected chi connectivity index (χ1v) is 8.42. The fourth-order valence-corrected chi connectivity index (χ4v) is 1.38. The lowest BCUT2D eigenvalue weighted by atomic mass is 10.1. The summed E-state index contributed by atoms with van der Waals surface area (Å²) in [5.41, 5.74) is 0.321. The summed E-state index contributed by atoms with van der Waals surface area (Å²) in [4.78, 5) is 41.9. The zero-order valence-electron chi connectivity index (χ0n) is 16.8. The zero-order valence-corrected chi connectivity index (χ0v) is 16.8. The minimum absolute atomic E-state index is 0.0473. The summed E-state index contributed by atoms with van der Waals surface area (Å²) >= 11 is 0. The number of hydrogen-bond donors (Lipinski definition) is 4. The number of carboxylic acid groups (broad SMARTS) is 2. The van der Waals surface area contributed by atoms with E-state index in [2.05, 4.69) is 22.6 Å². The number of carbonyl (C=O) groups is 4. The normalized spacial score (nSPS) is 8.93. The predicted octanol–water partition coefficient (Wildman–Crippen LogP) is 1.28. The first kappa shape index (κ1) is 28.7. The second-order valence-electron chi connectivity index (χ2n) is 5.44. The second-order valence-corrected chi connectivity index (χ2v) is 5.44. The molecule has 0 aliphatic heterocycles. The molecule has 1 rings (SSSR count). The van der Waals surface area contributed by atoms with Crippen LogP contribution in [-0.2, 0) is 19.1 Å². The number of carboxylic acids is 2. The molecule has 166 valence electrons. The summed E-state index contributed by atoms with van der Waals surface area (Å²) in [7, 11) is 0. The Balaban J connectivity index is 0. The first-order chi connectivity index (χ1) is 14.0. The van der Waals surface area contributed by atoms with Crippen LogP contribution >= 0.6 is 0 Å². The third kappa shape index (κ3) is 13.6. The fourth-order valence-electron chi connectivity index (χ4n) is 1.38. The van der Waals surface area contributed by atoms with Crippen LogP contribution in [0, 0.1) is 0 Å².